The zero-order valence-corrected chi connectivity index (χ0v) is 10.1. The van der Waals surface area contributed by atoms with Crippen molar-refractivity contribution in [1.82, 2.24) is 0 Å². The average Bonchev–Trinajstić information content (AvgIpc) is 2.01. The highest BCUT2D eigenvalue weighted by atomic mass is 32.2. The topological polar surface area (TPSA) is 86.2 Å². The molecule has 15 heavy (non-hydrogen) atoms. The number of benzene rings is 1. The lowest BCUT2D eigenvalue weighted by atomic mass is 10.1. The first kappa shape index (κ1) is 14.1. The van der Waals surface area contributed by atoms with Crippen LogP contribution in [-0.2, 0) is 10.0 Å². The predicted molar refractivity (Wildman–Crippen MR) is 61.8 cm³/mol. The molecule has 0 amide bonds. The molecule has 1 rings (SSSR count). The van der Waals surface area contributed by atoms with Crippen LogP contribution in [0.4, 0.5) is 0 Å². The SMILES string of the molecule is CC(C)(C)N.NS(=O)(=O)c1ccccc1. The second kappa shape index (κ2) is 5.25. The van der Waals surface area contributed by atoms with Crippen LogP contribution in [0.3, 0.4) is 0 Å². The minimum absolute atomic E-state index is 0. The summed E-state index contributed by atoms with van der Waals surface area (Å²) in [6.07, 6.45) is 0. The summed E-state index contributed by atoms with van der Waals surface area (Å²) >= 11 is 0. The molecule has 86 valence electrons. The highest BCUT2D eigenvalue weighted by molar-refractivity contribution is 7.89. The van der Waals surface area contributed by atoms with Gasteiger partial charge in [0.15, 0.2) is 0 Å². The fraction of sp³-hybridized carbons (Fsp3) is 0.400. The van der Waals surface area contributed by atoms with Gasteiger partial charge in [-0.2, -0.15) is 0 Å². The van der Waals surface area contributed by atoms with E-state index in [2.05, 4.69) is 0 Å². The van der Waals surface area contributed by atoms with Gasteiger partial charge in [-0.15, -0.1) is 0 Å². The van der Waals surface area contributed by atoms with E-state index in [1.54, 1.807) is 18.2 Å². The lowest BCUT2D eigenvalue weighted by molar-refractivity contribution is 0.580. The smallest absolute Gasteiger partial charge is 0.238 e. The summed E-state index contributed by atoms with van der Waals surface area (Å²) in [5.41, 5.74) is 5.35. The van der Waals surface area contributed by atoms with Crippen LogP contribution in [0.15, 0.2) is 35.2 Å². The summed E-state index contributed by atoms with van der Waals surface area (Å²) in [7, 11) is -3.50. The summed E-state index contributed by atoms with van der Waals surface area (Å²) in [5.74, 6) is 0. The van der Waals surface area contributed by atoms with Crippen LogP contribution in [0.2, 0.25) is 0 Å². The van der Waals surface area contributed by atoms with Gasteiger partial charge >= 0.3 is 0 Å². The van der Waals surface area contributed by atoms with Crippen LogP contribution < -0.4 is 10.9 Å². The van der Waals surface area contributed by atoms with Gasteiger partial charge in [0.25, 0.3) is 0 Å². The van der Waals surface area contributed by atoms with E-state index in [0.717, 1.165) is 0 Å². The van der Waals surface area contributed by atoms with Gasteiger partial charge in [0.2, 0.25) is 10.0 Å². The fourth-order valence-corrected chi connectivity index (χ4v) is 1.15. The molecule has 1 aromatic carbocycles. The van der Waals surface area contributed by atoms with Gasteiger partial charge in [-0.1, -0.05) is 18.2 Å². The van der Waals surface area contributed by atoms with Crippen molar-refractivity contribution in [3.8, 4) is 0 Å². The van der Waals surface area contributed by atoms with Crippen LogP contribution in [0, 0.1) is 0 Å². The molecule has 5 heteroatoms. The van der Waals surface area contributed by atoms with Crippen molar-refractivity contribution < 1.29 is 8.42 Å². The van der Waals surface area contributed by atoms with E-state index in [4.69, 9.17) is 10.9 Å². The maximum atomic E-state index is 10.6. The van der Waals surface area contributed by atoms with Gasteiger partial charge in [-0.05, 0) is 32.9 Å². The molecule has 0 bridgehead atoms. The monoisotopic (exact) mass is 230 g/mol. The Morgan fingerprint density at radius 1 is 1.07 bits per heavy atom. The van der Waals surface area contributed by atoms with Crippen molar-refractivity contribution in [3.05, 3.63) is 30.3 Å². The highest BCUT2D eigenvalue weighted by Crippen LogP contribution is 2.02. The third kappa shape index (κ3) is 9.40. The van der Waals surface area contributed by atoms with E-state index in [1.807, 2.05) is 20.8 Å². The van der Waals surface area contributed by atoms with Gasteiger partial charge in [-0.25, -0.2) is 13.6 Å². The summed E-state index contributed by atoms with van der Waals surface area (Å²) in [5, 5.41) is 4.83. The fourth-order valence-electron chi connectivity index (χ4n) is 0.610. The minimum Gasteiger partial charge on any atom is -0.326 e. The van der Waals surface area contributed by atoms with Gasteiger partial charge in [-0.3, -0.25) is 0 Å². The van der Waals surface area contributed by atoms with Crippen molar-refractivity contribution in [3.63, 3.8) is 0 Å². The first-order valence-electron chi connectivity index (χ1n) is 4.47. The van der Waals surface area contributed by atoms with E-state index >= 15 is 0 Å². The van der Waals surface area contributed by atoms with Gasteiger partial charge in [0.05, 0.1) is 4.90 Å². The lowest BCUT2D eigenvalue weighted by Gasteiger charge is -2.06. The Morgan fingerprint density at radius 3 is 1.60 bits per heavy atom. The van der Waals surface area contributed by atoms with Crippen LogP contribution in [0.25, 0.3) is 0 Å². The third-order valence-corrected chi connectivity index (χ3v) is 2.00. The standard InChI is InChI=1S/C6H7NO2S.C4H11N/c7-10(8,9)6-4-2-1-3-5-6;1-4(2,3)5/h1-5H,(H2,7,8,9);5H2,1-3H3. The number of sulfonamides is 1. The first-order chi connectivity index (χ1) is 6.61. The molecule has 0 unspecified atom stereocenters. The molecule has 0 spiro atoms. The van der Waals surface area contributed by atoms with Gasteiger partial charge < -0.3 is 5.73 Å². The van der Waals surface area contributed by atoms with Crippen molar-refractivity contribution in [2.45, 2.75) is 31.2 Å². The summed E-state index contributed by atoms with van der Waals surface area (Å²) in [6, 6.07) is 7.89. The largest absolute Gasteiger partial charge is 0.326 e. The molecule has 1 aromatic rings. The van der Waals surface area contributed by atoms with E-state index in [1.165, 1.54) is 12.1 Å². The van der Waals surface area contributed by atoms with Crippen LogP contribution in [0.5, 0.6) is 0 Å². The van der Waals surface area contributed by atoms with Crippen LogP contribution >= 0.6 is 0 Å². The molecule has 0 radical (unpaired) electrons. The van der Waals surface area contributed by atoms with Gasteiger partial charge in [0, 0.05) is 5.54 Å². The number of hydrogen-bond acceptors (Lipinski definition) is 3. The molecule has 0 saturated heterocycles. The average molecular weight is 230 g/mol. The van der Waals surface area contributed by atoms with E-state index in [9.17, 15) is 8.42 Å². The molecule has 4 N–H and O–H groups in total. The molecular weight excluding hydrogens is 212 g/mol. The summed E-state index contributed by atoms with van der Waals surface area (Å²) < 4.78 is 21.2. The zero-order valence-electron chi connectivity index (χ0n) is 9.27. The van der Waals surface area contributed by atoms with Gasteiger partial charge in [0.1, 0.15) is 0 Å². The van der Waals surface area contributed by atoms with Crippen molar-refractivity contribution in [2.24, 2.45) is 10.9 Å². The second-order valence-electron chi connectivity index (χ2n) is 4.22. The number of nitrogens with two attached hydrogens (primary N) is 2. The molecule has 0 saturated carbocycles. The van der Waals surface area contributed by atoms with Crippen molar-refractivity contribution >= 4 is 10.0 Å². The molecule has 0 aliphatic rings. The maximum absolute atomic E-state index is 10.6. The molecule has 0 aliphatic heterocycles. The molecular formula is C10H18N2O2S. The van der Waals surface area contributed by atoms with E-state index in [-0.39, 0.29) is 10.4 Å². The summed E-state index contributed by atoms with van der Waals surface area (Å²) in [6.45, 7) is 5.90. The quantitative estimate of drug-likeness (QED) is 0.756. The Balaban J connectivity index is 0.000000336. The first-order valence-corrected chi connectivity index (χ1v) is 6.02. The van der Waals surface area contributed by atoms with Crippen LogP contribution in [0.1, 0.15) is 20.8 Å². The summed E-state index contributed by atoms with van der Waals surface area (Å²) in [4.78, 5) is 0.148. The minimum atomic E-state index is -3.50. The Labute approximate surface area is 91.3 Å². The molecule has 0 aromatic heterocycles. The maximum Gasteiger partial charge on any atom is 0.238 e. The zero-order chi connectivity index (χ0) is 12.1. The molecule has 0 aliphatic carbocycles. The second-order valence-corrected chi connectivity index (χ2v) is 5.79. The number of rotatable bonds is 1. The molecule has 0 heterocycles. The van der Waals surface area contributed by atoms with Crippen molar-refractivity contribution in [2.75, 3.05) is 0 Å². The van der Waals surface area contributed by atoms with E-state index < -0.39 is 10.0 Å². The molecule has 0 atom stereocenters. The van der Waals surface area contributed by atoms with Crippen molar-refractivity contribution in [1.29, 1.82) is 0 Å². The molecule has 0 fully saturated rings. The Bertz CT molecular complexity index is 374. The predicted octanol–water partition coefficient (Wildman–Crippen LogP) is 1.08. The normalized spacial score (nSPS) is 11.5. The lowest BCUT2D eigenvalue weighted by Crippen LogP contribution is -2.26. The number of hydrogen-bond donors (Lipinski definition) is 2. The highest BCUT2D eigenvalue weighted by Gasteiger charge is 2.03. The third-order valence-electron chi connectivity index (χ3n) is 1.07. The Hall–Kier alpha value is -0.910. The molecule has 4 nitrogen and oxygen atoms in total. The Morgan fingerprint density at radius 2 is 1.40 bits per heavy atom. The van der Waals surface area contributed by atoms with E-state index in [0.29, 0.717) is 0 Å². The Kier molecular flexibility index (Phi) is 4.93. The van der Waals surface area contributed by atoms with Crippen LogP contribution in [-0.4, -0.2) is 14.0 Å². The number of primary sulfonamides is 1.